The Labute approximate surface area is 184 Å². The molecule has 0 unspecified atom stereocenters. The third-order valence-electron chi connectivity index (χ3n) is 4.57. The minimum Gasteiger partial charge on any atom is -0.485 e. The van der Waals surface area contributed by atoms with Crippen LogP contribution in [0, 0.1) is 6.92 Å². The Hall–Kier alpha value is -3.40. The molecule has 2 N–H and O–H groups in total. The first-order chi connectivity index (χ1) is 15.0. The summed E-state index contributed by atoms with van der Waals surface area (Å²) in [4.78, 5) is 8.57. The monoisotopic (exact) mass is 437 g/mol. The van der Waals surface area contributed by atoms with Gasteiger partial charge in [-0.2, -0.15) is 4.98 Å². The predicted octanol–water partition coefficient (Wildman–Crippen LogP) is 3.74. The van der Waals surface area contributed by atoms with Crippen LogP contribution < -0.4 is 10.6 Å². The van der Waals surface area contributed by atoms with E-state index in [4.69, 9.17) is 15.1 Å². The lowest BCUT2D eigenvalue weighted by molar-refractivity contribution is 0.287. The van der Waals surface area contributed by atoms with Crippen LogP contribution in [0.5, 0.6) is 5.75 Å². The molecule has 0 atom stereocenters. The van der Waals surface area contributed by atoms with Crippen molar-refractivity contribution in [3.8, 4) is 17.3 Å². The largest absolute Gasteiger partial charge is 0.485 e. The smallest absolute Gasteiger partial charge is 0.237 e. The highest BCUT2D eigenvalue weighted by atomic mass is 32.2. The quantitative estimate of drug-likeness (QED) is 0.325. The van der Waals surface area contributed by atoms with Crippen LogP contribution >= 0.6 is 11.8 Å². The highest BCUT2D eigenvalue weighted by Gasteiger charge is 2.15. The summed E-state index contributed by atoms with van der Waals surface area (Å²) in [7, 11) is 0. The van der Waals surface area contributed by atoms with Gasteiger partial charge in [0, 0.05) is 6.20 Å². The molecule has 3 heterocycles. The van der Waals surface area contributed by atoms with Crippen LogP contribution in [0.25, 0.3) is 11.5 Å². The molecular weight excluding hydrogens is 414 g/mol. The number of aryl methyl sites for hydroxylation is 1. The molecule has 3 aromatic heterocycles. The SMILES string of the molecule is Cc1ccc(C(C)C)c(OCc2nnc(SCc3nc(-c4ccccn4)no3)n2N)c1. The zero-order chi connectivity index (χ0) is 21.8. The van der Waals surface area contributed by atoms with Crippen molar-refractivity contribution in [2.45, 2.75) is 44.2 Å². The Morgan fingerprint density at radius 1 is 1.19 bits per heavy atom. The summed E-state index contributed by atoms with van der Waals surface area (Å²) in [6.07, 6.45) is 1.68. The summed E-state index contributed by atoms with van der Waals surface area (Å²) >= 11 is 1.35. The molecule has 0 aliphatic heterocycles. The number of hydrogen-bond donors (Lipinski definition) is 1. The first kappa shape index (κ1) is 20.9. The lowest BCUT2D eigenvalue weighted by atomic mass is 10.0. The lowest BCUT2D eigenvalue weighted by Gasteiger charge is -2.14. The minimum atomic E-state index is 0.220. The van der Waals surface area contributed by atoms with E-state index in [9.17, 15) is 0 Å². The van der Waals surface area contributed by atoms with E-state index in [0.29, 0.717) is 40.1 Å². The van der Waals surface area contributed by atoms with E-state index in [1.54, 1.807) is 6.20 Å². The van der Waals surface area contributed by atoms with Crippen molar-refractivity contribution in [3.63, 3.8) is 0 Å². The second-order valence-corrected chi connectivity index (χ2v) is 8.21. The molecule has 0 bridgehead atoms. The summed E-state index contributed by atoms with van der Waals surface area (Å²) in [5, 5.41) is 12.8. The normalized spacial score (nSPS) is 11.2. The van der Waals surface area contributed by atoms with Crippen molar-refractivity contribution < 1.29 is 9.26 Å². The number of hydrogen-bond acceptors (Lipinski definition) is 9. The molecule has 4 aromatic rings. The Balaban J connectivity index is 1.39. The van der Waals surface area contributed by atoms with Crippen LogP contribution in [0.15, 0.2) is 52.3 Å². The summed E-state index contributed by atoms with van der Waals surface area (Å²) in [6, 6.07) is 11.7. The van der Waals surface area contributed by atoms with Crippen LogP contribution in [0.2, 0.25) is 0 Å². The molecule has 10 heteroatoms. The molecule has 0 aliphatic rings. The third-order valence-corrected chi connectivity index (χ3v) is 5.50. The van der Waals surface area contributed by atoms with E-state index in [2.05, 4.69) is 51.3 Å². The molecule has 0 aliphatic carbocycles. The number of nitrogens with two attached hydrogens (primary N) is 1. The van der Waals surface area contributed by atoms with E-state index >= 15 is 0 Å². The zero-order valence-corrected chi connectivity index (χ0v) is 18.3. The molecule has 0 radical (unpaired) electrons. The van der Waals surface area contributed by atoms with E-state index in [1.165, 1.54) is 16.4 Å². The number of rotatable bonds is 8. The van der Waals surface area contributed by atoms with E-state index in [0.717, 1.165) is 16.9 Å². The zero-order valence-electron chi connectivity index (χ0n) is 17.5. The summed E-state index contributed by atoms with van der Waals surface area (Å²) in [5.41, 5.74) is 2.93. The Morgan fingerprint density at radius 3 is 2.84 bits per heavy atom. The maximum absolute atomic E-state index is 6.17. The molecule has 0 amide bonds. The fourth-order valence-electron chi connectivity index (χ4n) is 2.93. The van der Waals surface area contributed by atoms with Gasteiger partial charge < -0.3 is 15.1 Å². The number of benzene rings is 1. The number of thioether (sulfide) groups is 1. The number of aromatic nitrogens is 6. The van der Waals surface area contributed by atoms with Gasteiger partial charge in [-0.3, -0.25) is 4.98 Å². The Bertz CT molecular complexity index is 1160. The van der Waals surface area contributed by atoms with Gasteiger partial charge >= 0.3 is 0 Å². The summed E-state index contributed by atoms with van der Waals surface area (Å²) in [6.45, 7) is 6.52. The second kappa shape index (κ2) is 9.17. The standard InChI is InChI=1S/C21H23N7O2S/c1-13(2)15-8-7-14(3)10-17(15)29-11-18-25-26-21(28(18)22)31-12-19-24-20(27-30-19)16-6-4-5-9-23-16/h4-10,13H,11-12,22H2,1-3H3. The maximum Gasteiger partial charge on any atom is 0.237 e. The molecule has 0 saturated carbocycles. The van der Waals surface area contributed by atoms with Gasteiger partial charge in [0.2, 0.25) is 16.9 Å². The topological polar surface area (TPSA) is 118 Å². The number of nitrogen functional groups attached to an aromatic ring is 1. The minimum absolute atomic E-state index is 0.220. The fraction of sp³-hybridized carbons (Fsp3) is 0.286. The van der Waals surface area contributed by atoms with Crippen LogP contribution in [0.1, 0.15) is 42.6 Å². The van der Waals surface area contributed by atoms with Gasteiger partial charge in [-0.25, -0.2) is 4.68 Å². The molecule has 1 aromatic carbocycles. The van der Waals surface area contributed by atoms with E-state index in [1.807, 2.05) is 31.2 Å². The highest BCUT2D eigenvalue weighted by Crippen LogP contribution is 2.28. The average molecular weight is 438 g/mol. The van der Waals surface area contributed by atoms with Crippen LogP contribution in [-0.4, -0.2) is 30.0 Å². The van der Waals surface area contributed by atoms with Gasteiger partial charge in [-0.15, -0.1) is 10.2 Å². The molecule has 160 valence electrons. The average Bonchev–Trinajstić information content (AvgIpc) is 3.38. The van der Waals surface area contributed by atoms with Crippen molar-refractivity contribution >= 4 is 11.8 Å². The maximum atomic E-state index is 6.17. The fourth-order valence-corrected chi connectivity index (χ4v) is 3.64. The molecule has 4 rings (SSSR count). The van der Waals surface area contributed by atoms with Gasteiger partial charge in [0.05, 0.1) is 5.75 Å². The molecule has 31 heavy (non-hydrogen) atoms. The summed E-state index contributed by atoms with van der Waals surface area (Å²) < 4.78 is 12.7. The molecule has 0 spiro atoms. The summed E-state index contributed by atoms with van der Waals surface area (Å²) in [5.74, 6) is 9.18. The number of pyridine rings is 1. The molecule has 9 nitrogen and oxygen atoms in total. The van der Waals surface area contributed by atoms with Gasteiger partial charge in [0.1, 0.15) is 18.1 Å². The first-order valence-corrected chi connectivity index (χ1v) is 10.8. The van der Waals surface area contributed by atoms with Crippen LogP contribution in [-0.2, 0) is 12.4 Å². The van der Waals surface area contributed by atoms with Crippen molar-refractivity contribution in [2.24, 2.45) is 0 Å². The van der Waals surface area contributed by atoms with E-state index < -0.39 is 0 Å². The third kappa shape index (κ3) is 4.85. The second-order valence-electron chi connectivity index (χ2n) is 7.27. The van der Waals surface area contributed by atoms with Gasteiger partial charge in [0.15, 0.2) is 5.82 Å². The Morgan fingerprint density at radius 2 is 2.06 bits per heavy atom. The lowest BCUT2D eigenvalue weighted by Crippen LogP contribution is -2.16. The van der Waals surface area contributed by atoms with Crippen molar-refractivity contribution in [1.29, 1.82) is 0 Å². The number of nitrogens with zero attached hydrogens (tertiary/aromatic N) is 6. The van der Waals surface area contributed by atoms with Gasteiger partial charge in [-0.1, -0.05) is 49.0 Å². The predicted molar refractivity (Wildman–Crippen MR) is 117 cm³/mol. The van der Waals surface area contributed by atoms with Gasteiger partial charge in [-0.05, 0) is 42.2 Å². The first-order valence-electron chi connectivity index (χ1n) is 9.80. The van der Waals surface area contributed by atoms with Crippen LogP contribution in [0.4, 0.5) is 0 Å². The highest BCUT2D eigenvalue weighted by molar-refractivity contribution is 7.98. The number of ether oxygens (including phenoxy) is 1. The van der Waals surface area contributed by atoms with Gasteiger partial charge in [0.25, 0.3) is 0 Å². The van der Waals surface area contributed by atoms with Crippen LogP contribution in [0.3, 0.4) is 0 Å². The molecular formula is C21H23N7O2S. The van der Waals surface area contributed by atoms with E-state index in [-0.39, 0.29) is 6.61 Å². The molecule has 0 fully saturated rings. The van der Waals surface area contributed by atoms with Crippen molar-refractivity contribution in [3.05, 3.63) is 65.4 Å². The van der Waals surface area contributed by atoms with Crippen molar-refractivity contribution in [2.75, 3.05) is 5.84 Å². The Kier molecular flexibility index (Phi) is 6.17. The molecule has 0 saturated heterocycles. The van der Waals surface area contributed by atoms with Crippen molar-refractivity contribution in [1.82, 2.24) is 30.0 Å².